The molecule has 0 atom stereocenters. The van der Waals surface area contributed by atoms with Gasteiger partial charge in [-0.1, -0.05) is 0 Å². The van der Waals surface area contributed by atoms with Gasteiger partial charge in [-0.05, 0) is 45.4 Å². The van der Waals surface area contributed by atoms with Gasteiger partial charge in [-0.15, -0.1) is 0 Å². The molecule has 5 fully saturated rings. The van der Waals surface area contributed by atoms with E-state index in [4.69, 9.17) is 9.84 Å². The summed E-state index contributed by atoms with van der Waals surface area (Å²) in [6.07, 6.45) is 5.00. The van der Waals surface area contributed by atoms with Crippen molar-refractivity contribution >= 4 is 12.1 Å². The quantitative estimate of drug-likeness (QED) is 0.768. The predicted octanol–water partition coefficient (Wildman–Crippen LogP) is 1.62. The minimum Gasteiger partial charge on any atom is -0.465 e. The molecule has 0 unspecified atom stereocenters. The Labute approximate surface area is 135 Å². The maximum Gasteiger partial charge on any atom is 0.407 e. The lowest BCUT2D eigenvalue weighted by molar-refractivity contribution is -0.168. The number of carbonyl (C=O) groups is 2. The van der Waals surface area contributed by atoms with Gasteiger partial charge in [0.25, 0.3) is 0 Å². The largest absolute Gasteiger partial charge is 0.465 e. The molecule has 128 valence electrons. The van der Waals surface area contributed by atoms with Crippen molar-refractivity contribution in [2.75, 3.05) is 13.1 Å². The van der Waals surface area contributed by atoms with Crippen LogP contribution in [-0.2, 0) is 4.74 Å². The van der Waals surface area contributed by atoms with E-state index >= 15 is 0 Å². The van der Waals surface area contributed by atoms with E-state index in [0.717, 1.165) is 25.7 Å². The van der Waals surface area contributed by atoms with Crippen molar-refractivity contribution in [2.24, 2.45) is 0 Å². The van der Waals surface area contributed by atoms with Gasteiger partial charge in [0.1, 0.15) is 0 Å². The number of nitrogens with zero attached hydrogens (tertiary/aromatic N) is 2. The Morgan fingerprint density at radius 3 is 2.09 bits per heavy atom. The molecule has 0 radical (unpaired) electrons. The summed E-state index contributed by atoms with van der Waals surface area (Å²) < 4.78 is 5.94. The summed E-state index contributed by atoms with van der Waals surface area (Å²) in [6.45, 7) is 3.00. The maximum atomic E-state index is 12.9. The van der Waals surface area contributed by atoms with Crippen LogP contribution in [-0.4, -0.2) is 70.0 Å². The highest BCUT2D eigenvalue weighted by molar-refractivity contribution is 5.76. The Morgan fingerprint density at radius 2 is 1.61 bits per heavy atom. The molecule has 0 aromatic rings. The zero-order valence-corrected chi connectivity index (χ0v) is 13.5. The van der Waals surface area contributed by atoms with Crippen LogP contribution in [0.15, 0.2) is 0 Å². The van der Waals surface area contributed by atoms with Gasteiger partial charge in [-0.2, -0.15) is 0 Å². The van der Waals surface area contributed by atoms with Crippen molar-refractivity contribution in [3.63, 3.8) is 0 Å². The number of urea groups is 1. The van der Waals surface area contributed by atoms with Crippen molar-refractivity contribution in [1.82, 2.24) is 15.1 Å². The Bertz CT molecular complexity index is 487. The van der Waals surface area contributed by atoms with E-state index in [0.29, 0.717) is 50.2 Å². The van der Waals surface area contributed by atoms with Crippen molar-refractivity contribution in [1.29, 1.82) is 0 Å². The molecular formula is C16H25N3O4. The average Bonchev–Trinajstić information content (AvgIpc) is 2.45. The number of hydrogen-bond donors (Lipinski definition) is 2. The summed E-state index contributed by atoms with van der Waals surface area (Å²) in [5.74, 6) is 0. The fourth-order valence-corrected chi connectivity index (χ4v) is 4.82. The summed E-state index contributed by atoms with van der Waals surface area (Å²) in [5.41, 5.74) is -0.311. The number of carboxylic acid groups (broad SMARTS) is 1. The van der Waals surface area contributed by atoms with Gasteiger partial charge in [0.15, 0.2) is 0 Å². The molecule has 3 amide bonds. The van der Waals surface area contributed by atoms with Gasteiger partial charge >= 0.3 is 12.1 Å². The molecule has 5 heterocycles. The fourth-order valence-electron chi connectivity index (χ4n) is 4.82. The minimum atomic E-state index is -0.872. The molecule has 5 rings (SSSR count). The monoisotopic (exact) mass is 323 g/mol. The van der Waals surface area contributed by atoms with Gasteiger partial charge in [-0.25, -0.2) is 9.59 Å². The Balaban J connectivity index is 1.39. The lowest BCUT2D eigenvalue weighted by Gasteiger charge is -2.56. The van der Waals surface area contributed by atoms with Crippen molar-refractivity contribution in [2.45, 2.75) is 75.3 Å². The molecule has 0 saturated carbocycles. The fraction of sp³-hybridized carbons (Fsp3) is 0.875. The molecule has 7 nitrogen and oxygen atoms in total. The van der Waals surface area contributed by atoms with E-state index < -0.39 is 6.09 Å². The second kappa shape index (κ2) is 5.26. The molecule has 23 heavy (non-hydrogen) atoms. The third kappa shape index (κ3) is 2.65. The number of ether oxygens (including phenoxy) is 1. The predicted molar refractivity (Wildman–Crippen MR) is 82.3 cm³/mol. The zero-order valence-electron chi connectivity index (χ0n) is 13.5. The van der Waals surface area contributed by atoms with Gasteiger partial charge in [0.05, 0.1) is 12.2 Å². The average molecular weight is 323 g/mol. The van der Waals surface area contributed by atoms with E-state index in [2.05, 4.69) is 10.2 Å². The number of carbonyl (C=O) groups excluding carboxylic acids is 1. The van der Waals surface area contributed by atoms with Crippen LogP contribution in [0.5, 0.6) is 0 Å². The molecule has 0 spiro atoms. The lowest BCUT2D eigenvalue weighted by atomic mass is 9.78. The van der Waals surface area contributed by atoms with Gasteiger partial charge in [-0.3, -0.25) is 0 Å². The normalized spacial score (nSPS) is 37.8. The summed E-state index contributed by atoms with van der Waals surface area (Å²) in [6, 6.07) is 0.660. The van der Waals surface area contributed by atoms with Crippen LogP contribution in [0.1, 0.15) is 45.4 Å². The van der Waals surface area contributed by atoms with Crippen LogP contribution >= 0.6 is 0 Å². The van der Waals surface area contributed by atoms with Gasteiger partial charge in [0, 0.05) is 30.7 Å². The lowest BCUT2D eigenvalue weighted by Crippen LogP contribution is -2.67. The first-order valence-electron chi connectivity index (χ1n) is 8.67. The van der Waals surface area contributed by atoms with Crippen LogP contribution < -0.4 is 5.32 Å². The Hall–Kier alpha value is -1.50. The second-order valence-corrected chi connectivity index (χ2v) is 7.80. The van der Waals surface area contributed by atoms with Crippen molar-refractivity contribution in [3.05, 3.63) is 0 Å². The molecule has 4 bridgehead atoms. The van der Waals surface area contributed by atoms with E-state index in [1.165, 1.54) is 4.90 Å². The van der Waals surface area contributed by atoms with Crippen LogP contribution in [0.2, 0.25) is 0 Å². The molecule has 0 aromatic heterocycles. The Kier molecular flexibility index (Phi) is 3.44. The van der Waals surface area contributed by atoms with Gasteiger partial charge < -0.3 is 25.0 Å². The first-order valence-corrected chi connectivity index (χ1v) is 8.67. The number of nitrogens with one attached hydrogen (secondary N) is 1. The smallest absolute Gasteiger partial charge is 0.407 e. The third-order valence-electron chi connectivity index (χ3n) is 6.09. The molecule has 5 aliphatic heterocycles. The van der Waals surface area contributed by atoms with Crippen molar-refractivity contribution in [3.8, 4) is 0 Å². The summed E-state index contributed by atoms with van der Waals surface area (Å²) in [5, 5.41) is 12.3. The molecule has 5 saturated heterocycles. The summed E-state index contributed by atoms with van der Waals surface area (Å²) >= 11 is 0. The highest BCUT2D eigenvalue weighted by Gasteiger charge is 2.50. The summed E-state index contributed by atoms with van der Waals surface area (Å²) in [7, 11) is 0. The third-order valence-corrected chi connectivity index (χ3v) is 6.09. The molecule has 5 aliphatic rings. The maximum absolute atomic E-state index is 12.9. The van der Waals surface area contributed by atoms with Crippen LogP contribution in [0.4, 0.5) is 9.59 Å². The molecular weight excluding hydrogens is 298 g/mol. The first kappa shape index (κ1) is 15.1. The first-order chi connectivity index (χ1) is 10.9. The van der Waals surface area contributed by atoms with E-state index in [1.807, 2.05) is 6.92 Å². The van der Waals surface area contributed by atoms with E-state index in [-0.39, 0.29) is 11.6 Å². The zero-order chi connectivity index (χ0) is 16.2. The van der Waals surface area contributed by atoms with Crippen molar-refractivity contribution < 1.29 is 19.4 Å². The Morgan fingerprint density at radius 1 is 1.09 bits per heavy atom. The minimum absolute atomic E-state index is 0.0325. The van der Waals surface area contributed by atoms with Crippen LogP contribution in [0, 0.1) is 0 Å². The highest BCUT2D eigenvalue weighted by Crippen LogP contribution is 2.42. The number of amides is 3. The topological polar surface area (TPSA) is 82.1 Å². The summed E-state index contributed by atoms with van der Waals surface area (Å²) in [4.78, 5) is 27.4. The number of piperidine rings is 3. The molecule has 7 heteroatoms. The standard InChI is InChI=1S/C16H25N3O4/c1-16(2-4-18(5-3-16)15(21)22)17-14(20)19-10-6-12-8-11(19)9-13(7-10)23-12/h10-13H,2-9H2,1H3,(H,17,20)(H,21,22). The number of hydrogen-bond acceptors (Lipinski definition) is 3. The molecule has 0 aliphatic carbocycles. The molecule has 0 aromatic carbocycles. The number of rotatable bonds is 1. The second-order valence-electron chi connectivity index (χ2n) is 7.80. The van der Waals surface area contributed by atoms with Crippen LogP contribution in [0.25, 0.3) is 0 Å². The molecule has 2 N–H and O–H groups in total. The number of likely N-dealkylation sites (tertiary alicyclic amines) is 1. The SMILES string of the molecule is CC1(NC(=O)N2C3CC4CC2CC(C3)O4)CCN(C(=O)O)CC1. The van der Waals surface area contributed by atoms with Gasteiger partial charge in [0.2, 0.25) is 0 Å². The van der Waals surface area contributed by atoms with Crippen LogP contribution in [0.3, 0.4) is 0 Å². The van der Waals surface area contributed by atoms with E-state index in [1.54, 1.807) is 0 Å². The highest BCUT2D eigenvalue weighted by atomic mass is 16.5. The van der Waals surface area contributed by atoms with E-state index in [9.17, 15) is 9.59 Å².